The van der Waals surface area contributed by atoms with Gasteiger partial charge in [-0.2, -0.15) is 4.31 Å². The number of aromatic nitrogens is 2. The van der Waals surface area contributed by atoms with Gasteiger partial charge in [-0.25, -0.2) is 8.42 Å². The van der Waals surface area contributed by atoms with E-state index in [1.807, 2.05) is 38.1 Å². The van der Waals surface area contributed by atoms with Gasteiger partial charge < -0.3 is 0 Å². The van der Waals surface area contributed by atoms with Crippen LogP contribution in [0.4, 0.5) is 5.13 Å². The van der Waals surface area contributed by atoms with Crippen LogP contribution in [0.25, 0.3) is 0 Å². The highest BCUT2D eigenvalue weighted by Gasteiger charge is 2.39. The molecule has 9 heteroatoms. The molecule has 4 rings (SSSR count). The summed E-state index contributed by atoms with van der Waals surface area (Å²) in [5.41, 5.74) is 2.84. The van der Waals surface area contributed by atoms with Gasteiger partial charge in [0.1, 0.15) is 11.0 Å². The van der Waals surface area contributed by atoms with Crippen LogP contribution in [-0.4, -0.2) is 34.9 Å². The van der Waals surface area contributed by atoms with Crippen molar-refractivity contribution in [2.24, 2.45) is 0 Å². The van der Waals surface area contributed by atoms with Crippen molar-refractivity contribution in [1.29, 1.82) is 0 Å². The van der Waals surface area contributed by atoms with Crippen molar-refractivity contribution < 1.29 is 13.2 Å². The average molecular weight is 443 g/mol. The molecule has 0 saturated carbocycles. The molecule has 1 N–H and O–H groups in total. The molecule has 7 nitrogen and oxygen atoms in total. The molecule has 0 fully saturated rings. The molecule has 2 heterocycles. The highest BCUT2D eigenvalue weighted by molar-refractivity contribution is 7.89. The van der Waals surface area contributed by atoms with Crippen LogP contribution in [0.3, 0.4) is 0 Å². The highest BCUT2D eigenvalue weighted by Crippen LogP contribution is 2.30. The summed E-state index contributed by atoms with van der Waals surface area (Å²) in [4.78, 5) is 13.3. The third-order valence-electron chi connectivity index (χ3n) is 5.14. The average Bonchev–Trinajstić information content (AvgIpc) is 3.20. The number of anilines is 1. The maximum absolute atomic E-state index is 13.4. The smallest absolute Gasteiger partial charge is 0.245 e. The Morgan fingerprint density at radius 2 is 1.83 bits per heavy atom. The second kappa shape index (κ2) is 8.25. The Hall–Kier alpha value is -2.62. The first-order valence-electron chi connectivity index (χ1n) is 9.67. The van der Waals surface area contributed by atoms with Crippen molar-refractivity contribution in [2.45, 2.75) is 44.2 Å². The van der Waals surface area contributed by atoms with E-state index in [1.165, 1.54) is 15.6 Å². The summed E-state index contributed by atoms with van der Waals surface area (Å²) in [6.45, 7) is 4.00. The first-order valence-corrected chi connectivity index (χ1v) is 11.9. The first-order chi connectivity index (χ1) is 14.4. The Morgan fingerprint density at radius 1 is 1.13 bits per heavy atom. The number of benzene rings is 2. The molecule has 1 aliphatic heterocycles. The second-order valence-corrected chi connectivity index (χ2v) is 10.1. The van der Waals surface area contributed by atoms with E-state index in [-0.39, 0.29) is 11.4 Å². The van der Waals surface area contributed by atoms with Crippen LogP contribution in [0, 0.1) is 6.92 Å². The van der Waals surface area contributed by atoms with Gasteiger partial charge in [-0.15, -0.1) is 10.2 Å². The van der Waals surface area contributed by atoms with Crippen LogP contribution in [0.2, 0.25) is 0 Å². The molecular formula is C21H22N4O3S2. The molecule has 0 radical (unpaired) electrons. The number of nitrogens with zero attached hydrogens (tertiary/aromatic N) is 3. The van der Waals surface area contributed by atoms with Gasteiger partial charge in [-0.1, -0.05) is 60.2 Å². The van der Waals surface area contributed by atoms with Crippen molar-refractivity contribution in [3.63, 3.8) is 0 Å². The van der Waals surface area contributed by atoms with E-state index in [0.29, 0.717) is 11.6 Å². The monoisotopic (exact) mass is 442 g/mol. The number of hydrogen-bond acceptors (Lipinski definition) is 6. The summed E-state index contributed by atoms with van der Waals surface area (Å²) in [7, 11) is -3.87. The number of amides is 1. The molecule has 1 aromatic heterocycles. The second-order valence-electron chi connectivity index (χ2n) is 7.20. The summed E-state index contributed by atoms with van der Waals surface area (Å²) in [6.07, 6.45) is 1.02. The van der Waals surface area contributed by atoms with Crippen molar-refractivity contribution in [1.82, 2.24) is 14.5 Å². The van der Waals surface area contributed by atoms with Gasteiger partial charge in [0, 0.05) is 6.54 Å². The SMILES string of the molecule is CCc1nnc(NC(=O)[C@H]2Cc3ccccc3CN2S(=O)(=O)c2ccc(C)cc2)s1. The summed E-state index contributed by atoms with van der Waals surface area (Å²) in [5.74, 6) is -0.404. The van der Waals surface area contributed by atoms with Crippen LogP contribution < -0.4 is 5.32 Å². The van der Waals surface area contributed by atoms with Crippen LogP contribution in [0.15, 0.2) is 53.4 Å². The van der Waals surface area contributed by atoms with Crippen LogP contribution in [0.5, 0.6) is 0 Å². The fraction of sp³-hybridized carbons (Fsp3) is 0.286. The summed E-state index contributed by atoms with van der Waals surface area (Å²) < 4.78 is 28.2. The highest BCUT2D eigenvalue weighted by atomic mass is 32.2. The lowest BCUT2D eigenvalue weighted by atomic mass is 9.95. The Bertz CT molecular complexity index is 1170. The number of sulfonamides is 1. The van der Waals surface area contributed by atoms with Gasteiger partial charge >= 0.3 is 0 Å². The third kappa shape index (κ3) is 4.00. The predicted octanol–water partition coefficient (Wildman–Crippen LogP) is 3.16. The van der Waals surface area contributed by atoms with E-state index in [9.17, 15) is 13.2 Å². The van der Waals surface area contributed by atoms with E-state index in [4.69, 9.17) is 0 Å². The van der Waals surface area contributed by atoms with Gasteiger partial charge in [0.05, 0.1) is 4.90 Å². The number of carbonyl (C=O) groups is 1. The number of hydrogen-bond donors (Lipinski definition) is 1. The quantitative estimate of drug-likeness (QED) is 0.655. The number of nitrogens with one attached hydrogen (secondary N) is 1. The normalized spacial score (nSPS) is 16.8. The molecule has 30 heavy (non-hydrogen) atoms. The maximum atomic E-state index is 13.4. The van der Waals surface area contributed by atoms with Gasteiger partial charge in [0.15, 0.2) is 0 Å². The van der Waals surface area contributed by atoms with Crippen molar-refractivity contribution in [2.75, 3.05) is 5.32 Å². The largest absolute Gasteiger partial charge is 0.299 e. The Balaban J connectivity index is 1.69. The maximum Gasteiger partial charge on any atom is 0.245 e. The minimum absolute atomic E-state index is 0.140. The fourth-order valence-electron chi connectivity index (χ4n) is 3.46. The minimum Gasteiger partial charge on any atom is -0.299 e. The zero-order chi connectivity index (χ0) is 21.3. The molecule has 0 aliphatic carbocycles. The topological polar surface area (TPSA) is 92.3 Å². The molecule has 156 valence electrons. The predicted molar refractivity (Wildman–Crippen MR) is 116 cm³/mol. The molecule has 0 unspecified atom stereocenters. The molecule has 0 spiro atoms. The molecule has 1 amide bonds. The van der Waals surface area contributed by atoms with Gasteiger partial charge in [0.25, 0.3) is 0 Å². The molecular weight excluding hydrogens is 420 g/mol. The first kappa shape index (κ1) is 20.6. The molecule has 0 bridgehead atoms. The third-order valence-corrected chi connectivity index (χ3v) is 7.99. The minimum atomic E-state index is -3.87. The lowest BCUT2D eigenvalue weighted by Gasteiger charge is -2.34. The molecule has 2 aromatic carbocycles. The Labute approximate surface area is 179 Å². The molecule has 0 saturated heterocycles. The zero-order valence-electron chi connectivity index (χ0n) is 16.7. The number of fused-ring (bicyclic) bond motifs is 1. The summed E-state index contributed by atoms with van der Waals surface area (Å²) in [5, 5.41) is 12.0. The molecule has 1 aliphatic rings. The van der Waals surface area contributed by atoms with Gasteiger partial charge in [-0.3, -0.25) is 10.1 Å². The lowest BCUT2D eigenvalue weighted by Crippen LogP contribution is -2.50. The van der Waals surface area contributed by atoms with Crippen molar-refractivity contribution >= 4 is 32.4 Å². The van der Waals surface area contributed by atoms with E-state index >= 15 is 0 Å². The fourth-order valence-corrected chi connectivity index (χ4v) is 5.70. The van der Waals surface area contributed by atoms with Crippen LogP contribution in [-0.2, 0) is 34.2 Å². The van der Waals surface area contributed by atoms with Crippen LogP contribution >= 0.6 is 11.3 Å². The van der Waals surface area contributed by atoms with E-state index in [0.717, 1.165) is 28.1 Å². The molecule has 1 atom stereocenters. The standard InChI is InChI=1S/C21H22N4O3S2/c1-3-19-23-24-21(29-19)22-20(26)18-12-15-6-4-5-7-16(15)13-25(18)30(27,28)17-10-8-14(2)9-11-17/h4-11,18H,3,12-13H2,1-2H3,(H,22,24,26)/t18-/m1/s1. The summed E-state index contributed by atoms with van der Waals surface area (Å²) in [6, 6.07) is 13.4. The van der Waals surface area contributed by atoms with Gasteiger partial charge in [0.2, 0.25) is 21.1 Å². The number of rotatable bonds is 5. The van der Waals surface area contributed by atoms with Crippen LogP contribution in [0.1, 0.15) is 28.6 Å². The van der Waals surface area contributed by atoms with Gasteiger partial charge in [-0.05, 0) is 43.0 Å². The zero-order valence-corrected chi connectivity index (χ0v) is 18.3. The number of carbonyl (C=O) groups excluding carboxylic acids is 1. The van der Waals surface area contributed by atoms with E-state index in [1.54, 1.807) is 24.3 Å². The Kier molecular flexibility index (Phi) is 5.68. The van der Waals surface area contributed by atoms with Crippen molar-refractivity contribution in [3.8, 4) is 0 Å². The summed E-state index contributed by atoms with van der Waals surface area (Å²) >= 11 is 1.30. The lowest BCUT2D eigenvalue weighted by molar-refractivity contribution is -0.120. The Morgan fingerprint density at radius 3 is 2.50 bits per heavy atom. The van der Waals surface area contributed by atoms with E-state index < -0.39 is 22.0 Å². The van der Waals surface area contributed by atoms with Crippen molar-refractivity contribution in [3.05, 3.63) is 70.2 Å². The number of aryl methyl sites for hydroxylation is 2. The van der Waals surface area contributed by atoms with E-state index in [2.05, 4.69) is 15.5 Å². The molecule has 3 aromatic rings.